The summed E-state index contributed by atoms with van der Waals surface area (Å²) in [5.41, 5.74) is 2.44. The van der Waals surface area contributed by atoms with Gasteiger partial charge in [-0.15, -0.1) is 6.58 Å². The summed E-state index contributed by atoms with van der Waals surface area (Å²) < 4.78 is 5.30. The van der Waals surface area contributed by atoms with E-state index in [9.17, 15) is 0 Å². The molecule has 1 N–H and O–H groups in total. The molecule has 2 heteroatoms. The van der Waals surface area contributed by atoms with Gasteiger partial charge in [-0.3, -0.25) is 0 Å². The maximum Gasteiger partial charge on any atom is 0.105 e. The van der Waals surface area contributed by atoms with Gasteiger partial charge in [0.15, 0.2) is 0 Å². The van der Waals surface area contributed by atoms with Crippen molar-refractivity contribution in [3.63, 3.8) is 0 Å². The predicted octanol–water partition coefficient (Wildman–Crippen LogP) is 3.20. The fourth-order valence-corrected chi connectivity index (χ4v) is 1.64. The van der Waals surface area contributed by atoms with Gasteiger partial charge in [0.05, 0.1) is 6.26 Å². The quantitative estimate of drug-likeness (QED) is 0.726. The second-order valence-electron chi connectivity index (χ2n) is 3.70. The number of aryl methyl sites for hydroxylation is 1. The normalized spacial score (nSPS) is 12.8. The van der Waals surface area contributed by atoms with E-state index in [1.165, 1.54) is 11.1 Å². The van der Waals surface area contributed by atoms with E-state index in [4.69, 9.17) is 4.42 Å². The lowest BCUT2D eigenvalue weighted by Crippen LogP contribution is -2.21. The van der Waals surface area contributed by atoms with E-state index in [-0.39, 0.29) is 0 Å². The van der Waals surface area contributed by atoms with E-state index in [0.29, 0.717) is 6.04 Å². The highest BCUT2D eigenvalue weighted by Gasteiger charge is 2.14. The minimum atomic E-state index is 0.344. The number of hydrogen-bond acceptors (Lipinski definition) is 2. The Kier molecular flexibility index (Phi) is 3.96. The lowest BCUT2D eigenvalue weighted by atomic mass is 10.0. The van der Waals surface area contributed by atoms with E-state index < -0.39 is 0 Å². The summed E-state index contributed by atoms with van der Waals surface area (Å²) in [5.74, 6) is 0.997. The second-order valence-corrected chi connectivity index (χ2v) is 3.70. The number of nitrogens with one attached hydrogen (secondary N) is 1. The Balaban J connectivity index is 2.77. The average molecular weight is 193 g/mol. The maximum atomic E-state index is 5.30. The molecule has 0 aromatic carbocycles. The van der Waals surface area contributed by atoms with Gasteiger partial charge in [0.2, 0.25) is 0 Å². The highest BCUT2D eigenvalue weighted by atomic mass is 16.3. The Labute approximate surface area is 86.0 Å². The molecule has 14 heavy (non-hydrogen) atoms. The van der Waals surface area contributed by atoms with Gasteiger partial charge in [0.1, 0.15) is 5.76 Å². The van der Waals surface area contributed by atoms with Gasteiger partial charge in [-0.2, -0.15) is 0 Å². The smallest absolute Gasteiger partial charge is 0.105 e. The maximum absolute atomic E-state index is 5.30. The monoisotopic (exact) mass is 193 g/mol. The van der Waals surface area contributed by atoms with Crippen LogP contribution in [0.5, 0.6) is 0 Å². The van der Waals surface area contributed by atoms with Gasteiger partial charge in [-0.05, 0) is 32.9 Å². The van der Waals surface area contributed by atoms with Gasteiger partial charge in [-0.1, -0.05) is 12.5 Å². The Morgan fingerprint density at radius 2 is 2.36 bits per heavy atom. The average Bonchev–Trinajstić information content (AvgIpc) is 2.50. The Hall–Kier alpha value is -1.02. The van der Waals surface area contributed by atoms with Crippen molar-refractivity contribution in [2.75, 3.05) is 6.54 Å². The van der Waals surface area contributed by atoms with Crippen molar-refractivity contribution >= 4 is 0 Å². The summed E-state index contributed by atoms with van der Waals surface area (Å²) in [5, 5.41) is 3.44. The summed E-state index contributed by atoms with van der Waals surface area (Å²) >= 11 is 0. The van der Waals surface area contributed by atoms with Crippen LogP contribution in [0, 0.1) is 6.92 Å². The first-order valence-corrected chi connectivity index (χ1v) is 5.07. The minimum Gasteiger partial charge on any atom is -0.469 e. The fraction of sp³-hybridized carbons (Fsp3) is 0.500. The fourth-order valence-electron chi connectivity index (χ4n) is 1.64. The van der Waals surface area contributed by atoms with Gasteiger partial charge < -0.3 is 9.73 Å². The molecule has 1 rings (SSSR count). The molecular formula is C12H19NO. The first kappa shape index (κ1) is 11.1. The van der Waals surface area contributed by atoms with Crippen LogP contribution in [0.25, 0.3) is 0 Å². The number of furan rings is 1. The molecule has 0 bridgehead atoms. The Bertz CT molecular complexity index is 301. The third kappa shape index (κ3) is 2.74. The van der Waals surface area contributed by atoms with E-state index in [2.05, 4.69) is 25.7 Å². The molecule has 0 aliphatic rings. The number of hydrogen-bond donors (Lipinski definition) is 1. The molecule has 1 atom stereocenters. The van der Waals surface area contributed by atoms with Gasteiger partial charge >= 0.3 is 0 Å². The summed E-state index contributed by atoms with van der Waals surface area (Å²) in [6.07, 6.45) is 2.71. The molecule has 2 nitrogen and oxygen atoms in total. The predicted molar refractivity (Wildman–Crippen MR) is 59.3 cm³/mol. The van der Waals surface area contributed by atoms with Crippen molar-refractivity contribution in [1.82, 2.24) is 5.32 Å². The highest BCUT2D eigenvalue weighted by Crippen LogP contribution is 2.23. The molecule has 78 valence electrons. The zero-order valence-corrected chi connectivity index (χ0v) is 9.26. The van der Waals surface area contributed by atoms with Crippen molar-refractivity contribution in [3.05, 3.63) is 35.8 Å². The number of rotatable bonds is 5. The molecule has 0 aliphatic heterocycles. The van der Waals surface area contributed by atoms with Crippen LogP contribution in [-0.4, -0.2) is 6.54 Å². The molecule has 1 aromatic heterocycles. The summed E-state index contributed by atoms with van der Waals surface area (Å²) in [7, 11) is 0. The topological polar surface area (TPSA) is 25.2 Å². The Morgan fingerprint density at radius 3 is 2.79 bits per heavy atom. The van der Waals surface area contributed by atoms with Crippen molar-refractivity contribution < 1.29 is 4.42 Å². The molecule has 1 aromatic rings. The van der Waals surface area contributed by atoms with Gasteiger partial charge in [0.25, 0.3) is 0 Å². The third-order valence-corrected chi connectivity index (χ3v) is 2.28. The molecule has 1 heterocycles. The standard InChI is InChI=1S/C12H19NO/c1-5-13-12(8-9(2)3)11-6-7-14-10(11)4/h6-7,12-13H,2,5,8H2,1,3-4H3. The molecule has 0 radical (unpaired) electrons. The van der Waals surface area contributed by atoms with Crippen molar-refractivity contribution in [2.45, 2.75) is 33.2 Å². The highest BCUT2D eigenvalue weighted by molar-refractivity contribution is 5.21. The second kappa shape index (κ2) is 5.01. The van der Waals surface area contributed by atoms with E-state index in [1.807, 2.05) is 13.0 Å². The molecule has 1 unspecified atom stereocenters. The third-order valence-electron chi connectivity index (χ3n) is 2.28. The molecule has 0 saturated carbocycles. The summed E-state index contributed by atoms with van der Waals surface area (Å²) in [6.45, 7) is 11.1. The zero-order chi connectivity index (χ0) is 10.6. The van der Waals surface area contributed by atoms with Gasteiger partial charge in [0, 0.05) is 11.6 Å². The van der Waals surface area contributed by atoms with Crippen molar-refractivity contribution in [3.8, 4) is 0 Å². The van der Waals surface area contributed by atoms with Crippen LogP contribution in [0.1, 0.15) is 37.6 Å². The summed E-state index contributed by atoms with van der Waals surface area (Å²) in [4.78, 5) is 0. The lowest BCUT2D eigenvalue weighted by Gasteiger charge is -2.17. The molecule has 0 amide bonds. The SMILES string of the molecule is C=C(C)CC(NCC)c1ccoc1C. The molecule has 0 fully saturated rings. The lowest BCUT2D eigenvalue weighted by molar-refractivity contribution is 0.501. The molecule has 0 spiro atoms. The first-order chi connectivity index (χ1) is 6.65. The van der Waals surface area contributed by atoms with Crippen LogP contribution < -0.4 is 5.32 Å². The van der Waals surface area contributed by atoms with E-state index in [0.717, 1.165) is 18.7 Å². The minimum absolute atomic E-state index is 0.344. The van der Waals surface area contributed by atoms with E-state index in [1.54, 1.807) is 6.26 Å². The molecule has 0 aliphatic carbocycles. The van der Waals surface area contributed by atoms with Crippen LogP contribution in [-0.2, 0) is 0 Å². The molecular weight excluding hydrogens is 174 g/mol. The van der Waals surface area contributed by atoms with Crippen molar-refractivity contribution in [1.29, 1.82) is 0 Å². The largest absolute Gasteiger partial charge is 0.469 e. The Morgan fingerprint density at radius 1 is 1.64 bits per heavy atom. The van der Waals surface area contributed by atoms with Crippen LogP contribution in [0.2, 0.25) is 0 Å². The summed E-state index contributed by atoms with van der Waals surface area (Å²) in [6, 6.07) is 2.38. The van der Waals surface area contributed by atoms with Crippen molar-refractivity contribution in [2.24, 2.45) is 0 Å². The molecule has 0 saturated heterocycles. The van der Waals surface area contributed by atoms with Crippen LogP contribution in [0.4, 0.5) is 0 Å². The van der Waals surface area contributed by atoms with Crippen LogP contribution in [0.3, 0.4) is 0 Å². The van der Waals surface area contributed by atoms with Gasteiger partial charge in [-0.25, -0.2) is 0 Å². The van der Waals surface area contributed by atoms with Crippen LogP contribution >= 0.6 is 0 Å². The first-order valence-electron chi connectivity index (χ1n) is 5.07. The zero-order valence-electron chi connectivity index (χ0n) is 9.26. The van der Waals surface area contributed by atoms with Crippen LogP contribution in [0.15, 0.2) is 28.9 Å². The van der Waals surface area contributed by atoms with E-state index >= 15 is 0 Å².